The molecule has 0 spiro atoms. The van der Waals surface area contributed by atoms with Crippen molar-refractivity contribution in [1.29, 1.82) is 0 Å². The number of rotatable bonds is 2. The van der Waals surface area contributed by atoms with Gasteiger partial charge in [-0.1, -0.05) is 11.6 Å². The normalized spacial score (nSPS) is 11.3. The zero-order valence-electron chi connectivity index (χ0n) is 10.7. The molecule has 22 heavy (non-hydrogen) atoms. The lowest BCUT2D eigenvalue weighted by Gasteiger charge is -2.07. The van der Waals surface area contributed by atoms with E-state index in [1.54, 1.807) is 0 Å². The average molecular weight is 330 g/mol. The zero-order valence-corrected chi connectivity index (χ0v) is 11.5. The SMILES string of the molecule is Nc1nc(Cl)c2[nH]c(=O)n(Cc3c(F)ccc(F)c3F)c2n1. The topological polar surface area (TPSA) is 89.6 Å². The molecule has 3 rings (SSSR count). The van der Waals surface area contributed by atoms with E-state index in [1.807, 2.05) is 0 Å². The summed E-state index contributed by atoms with van der Waals surface area (Å²) in [5.41, 5.74) is 4.12. The summed E-state index contributed by atoms with van der Waals surface area (Å²) in [5.74, 6) is -3.82. The molecule has 6 nitrogen and oxygen atoms in total. The van der Waals surface area contributed by atoms with E-state index < -0.39 is 35.2 Å². The fraction of sp³-hybridized carbons (Fsp3) is 0.0833. The highest BCUT2D eigenvalue weighted by Crippen LogP contribution is 2.21. The van der Waals surface area contributed by atoms with Crippen LogP contribution < -0.4 is 11.4 Å². The summed E-state index contributed by atoms with van der Waals surface area (Å²) in [7, 11) is 0. The van der Waals surface area contributed by atoms with Gasteiger partial charge in [0.15, 0.2) is 22.4 Å². The number of hydrogen-bond acceptors (Lipinski definition) is 4. The Morgan fingerprint density at radius 3 is 2.64 bits per heavy atom. The Kier molecular flexibility index (Phi) is 3.28. The highest BCUT2D eigenvalue weighted by atomic mass is 35.5. The van der Waals surface area contributed by atoms with Crippen molar-refractivity contribution in [3.05, 3.63) is 50.8 Å². The van der Waals surface area contributed by atoms with Crippen molar-refractivity contribution in [1.82, 2.24) is 19.5 Å². The fourth-order valence-corrected chi connectivity index (χ4v) is 2.25. The van der Waals surface area contributed by atoms with E-state index in [4.69, 9.17) is 17.3 Å². The lowest BCUT2D eigenvalue weighted by molar-refractivity contribution is 0.474. The first-order valence-corrected chi connectivity index (χ1v) is 6.30. The third kappa shape index (κ3) is 2.19. The van der Waals surface area contributed by atoms with Crippen LogP contribution in [0.1, 0.15) is 5.56 Å². The maximum absolute atomic E-state index is 13.7. The van der Waals surface area contributed by atoms with Gasteiger partial charge in [0.2, 0.25) is 5.95 Å². The molecule has 10 heteroatoms. The van der Waals surface area contributed by atoms with E-state index in [9.17, 15) is 18.0 Å². The van der Waals surface area contributed by atoms with Gasteiger partial charge >= 0.3 is 5.69 Å². The molecule has 0 atom stereocenters. The Labute approximate surface area is 125 Å². The van der Waals surface area contributed by atoms with Gasteiger partial charge in [-0.05, 0) is 12.1 Å². The number of fused-ring (bicyclic) bond motifs is 1. The van der Waals surface area contributed by atoms with Gasteiger partial charge in [-0.3, -0.25) is 4.57 Å². The first-order valence-electron chi connectivity index (χ1n) is 5.92. The van der Waals surface area contributed by atoms with E-state index in [2.05, 4.69) is 15.0 Å². The third-order valence-electron chi connectivity index (χ3n) is 3.05. The number of imidazole rings is 1. The second-order valence-corrected chi connectivity index (χ2v) is 4.77. The maximum Gasteiger partial charge on any atom is 0.328 e. The summed E-state index contributed by atoms with van der Waals surface area (Å²) in [6.45, 7) is -0.582. The van der Waals surface area contributed by atoms with Gasteiger partial charge in [0.05, 0.1) is 6.54 Å². The molecule has 3 N–H and O–H groups in total. The monoisotopic (exact) mass is 329 g/mol. The van der Waals surface area contributed by atoms with Crippen LogP contribution in [-0.4, -0.2) is 19.5 Å². The smallest absolute Gasteiger partial charge is 0.328 e. The number of anilines is 1. The number of aromatic nitrogens is 4. The van der Waals surface area contributed by atoms with Crippen LogP contribution >= 0.6 is 11.6 Å². The van der Waals surface area contributed by atoms with Crippen molar-refractivity contribution >= 4 is 28.7 Å². The predicted octanol–water partition coefficient (Wildman–Crippen LogP) is 1.82. The second kappa shape index (κ2) is 5.02. The number of nitrogens with one attached hydrogen (secondary N) is 1. The minimum atomic E-state index is -1.38. The first kappa shape index (κ1) is 14.4. The molecular weight excluding hydrogens is 323 g/mol. The molecule has 1 aromatic carbocycles. The molecule has 2 heterocycles. The number of halogens is 4. The van der Waals surface area contributed by atoms with Crippen LogP contribution in [0.2, 0.25) is 5.15 Å². The number of nitrogens with zero attached hydrogens (tertiary/aromatic N) is 3. The van der Waals surface area contributed by atoms with Gasteiger partial charge in [-0.2, -0.15) is 9.97 Å². The van der Waals surface area contributed by atoms with Gasteiger partial charge in [0.25, 0.3) is 0 Å². The maximum atomic E-state index is 13.7. The molecule has 3 aromatic rings. The zero-order chi connectivity index (χ0) is 16.0. The van der Waals surface area contributed by atoms with E-state index in [0.29, 0.717) is 6.07 Å². The van der Waals surface area contributed by atoms with Gasteiger partial charge in [-0.25, -0.2) is 18.0 Å². The highest BCUT2D eigenvalue weighted by molar-refractivity contribution is 6.33. The molecule has 0 aliphatic heterocycles. The number of aromatic amines is 1. The van der Waals surface area contributed by atoms with E-state index in [-0.39, 0.29) is 22.3 Å². The van der Waals surface area contributed by atoms with Crippen LogP contribution in [0.4, 0.5) is 19.1 Å². The number of benzene rings is 1. The average Bonchev–Trinajstić information content (AvgIpc) is 2.76. The number of H-pyrrole nitrogens is 1. The standard InChI is InChI=1S/C12H7ClF3N5O/c13-9-8-10(20-11(17)19-9)21(12(22)18-8)3-4-5(14)1-2-6(15)7(4)16/h1-2H,3H2,(H,18,22)(H2,17,19,20). The third-order valence-corrected chi connectivity index (χ3v) is 3.32. The molecule has 0 aliphatic carbocycles. The minimum absolute atomic E-state index is 0.0365. The van der Waals surface area contributed by atoms with Crippen LogP contribution in [0, 0.1) is 17.5 Å². The van der Waals surface area contributed by atoms with E-state index >= 15 is 0 Å². The van der Waals surface area contributed by atoms with Gasteiger partial charge in [-0.15, -0.1) is 0 Å². The minimum Gasteiger partial charge on any atom is -0.368 e. The Balaban J connectivity index is 2.23. The Morgan fingerprint density at radius 2 is 1.91 bits per heavy atom. The summed E-state index contributed by atoms with van der Waals surface area (Å²) in [4.78, 5) is 21.7. The number of nitrogen functional groups attached to an aromatic ring is 1. The highest BCUT2D eigenvalue weighted by Gasteiger charge is 2.19. The Hall–Kier alpha value is -2.55. The van der Waals surface area contributed by atoms with Crippen molar-refractivity contribution in [2.24, 2.45) is 0 Å². The predicted molar refractivity (Wildman–Crippen MR) is 73.0 cm³/mol. The molecule has 0 saturated carbocycles. The quantitative estimate of drug-likeness (QED) is 0.554. The van der Waals surface area contributed by atoms with E-state index in [1.165, 1.54) is 0 Å². The van der Waals surface area contributed by atoms with E-state index in [0.717, 1.165) is 10.6 Å². The van der Waals surface area contributed by atoms with Crippen molar-refractivity contribution in [2.45, 2.75) is 6.54 Å². The number of nitrogens with two attached hydrogens (primary N) is 1. The van der Waals surface area contributed by atoms with Crippen LogP contribution in [0.25, 0.3) is 11.2 Å². The summed E-state index contributed by atoms with van der Waals surface area (Å²) >= 11 is 5.82. The lowest BCUT2D eigenvalue weighted by atomic mass is 10.2. The molecule has 0 saturated heterocycles. The molecule has 0 fully saturated rings. The Bertz CT molecular complexity index is 952. The molecule has 0 radical (unpaired) electrons. The van der Waals surface area contributed by atoms with Crippen molar-refractivity contribution < 1.29 is 13.2 Å². The van der Waals surface area contributed by atoms with Crippen LogP contribution in [0.3, 0.4) is 0 Å². The molecular formula is C12H7ClF3N5O. The van der Waals surface area contributed by atoms with Gasteiger partial charge in [0.1, 0.15) is 11.3 Å². The molecule has 0 bridgehead atoms. The van der Waals surface area contributed by atoms with Crippen molar-refractivity contribution in [3.8, 4) is 0 Å². The van der Waals surface area contributed by atoms with Crippen LogP contribution in [0.5, 0.6) is 0 Å². The molecule has 2 aromatic heterocycles. The fourth-order valence-electron chi connectivity index (χ4n) is 2.03. The summed E-state index contributed by atoms with van der Waals surface area (Å²) in [5, 5.41) is -0.112. The largest absolute Gasteiger partial charge is 0.368 e. The van der Waals surface area contributed by atoms with Crippen LogP contribution in [-0.2, 0) is 6.54 Å². The Morgan fingerprint density at radius 1 is 1.23 bits per heavy atom. The molecule has 0 aliphatic rings. The molecule has 0 amide bonds. The summed E-state index contributed by atoms with van der Waals surface area (Å²) in [6.07, 6.45) is 0. The van der Waals surface area contributed by atoms with Gasteiger partial charge < -0.3 is 10.7 Å². The molecule has 114 valence electrons. The second-order valence-electron chi connectivity index (χ2n) is 4.41. The van der Waals surface area contributed by atoms with Crippen molar-refractivity contribution in [2.75, 3.05) is 5.73 Å². The lowest BCUT2D eigenvalue weighted by Crippen LogP contribution is -2.19. The molecule has 0 unspecified atom stereocenters. The number of hydrogen-bond donors (Lipinski definition) is 2. The van der Waals surface area contributed by atoms with Gasteiger partial charge in [0, 0.05) is 5.56 Å². The summed E-state index contributed by atoms with van der Waals surface area (Å²) < 4.78 is 41.5. The van der Waals surface area contributed by atoms with Crippen molar-refractivity contribution in [3.63, 3.8) is 0 Å². The first-order chi connectivity index (χ1) is 10.4. The van der Waals surface area contributed by atoms with Crippen LogP contribution in [0.15, 0.2) is 16.9 Å². The summed E-state index contributed by atoms with van der Waals surface area (Å²) in [6, 6.07) is 1.42.